The van der Waals surface area contributed by atoms with E-state index >= 15 is 0 Å². The van der Waals surface area contributed by atoms with Gasteiger partial charge in [0.15, 0.2) is 0 Å². The highest BCUT2D eigenvalue weighted by atomic mass is 16.5. The van der Waals surface area contributed by atoms with Crippen molar-refractivity contribution in [3.05, 3.63) is 101 Å². The lowest BCUT2D eigenvalue weighted by molar-refractivity contribution is -0.132. The molecule has 4 rings (SSSR count). The number of hydrogen-bond acceptors (Lipinski definition) is 3. The van der Waals surface area contributed by atoms with Gasteiger partial charge < -0.3 is 24.8 Å². The van der Waals surface area contributed by atoms with Crippen molar-refractivity contribution < 1.29 is 14.3 Å². The van der Waals surface area contributed by atoms with Gasteiger partial charge in [-0.1, -0.05) is 94.4 Å². The zero-order valence-corrected chi connectivity index (χ0v) is 25.5. The molecule has 7 heteroatoms. The fourth-order valence-electron chi connectivity index (χ4n) is 5.29. The highest BCUT2D eigenvalue weighted by Crippen LogP contribution is 2.32. The molecular formula is C35H44N4O3. The van der Waals surface area contributed by atoms with Crippen LogP contribution in [0, 0.1) is 0 Å². The molecule has 1 heterocycles. The molecule has 7 nitrogen and oxygen atoms in total. The predicted molar refractivity (Wildman–Crippen MR) is 171 cm³/mol. The molecule has 0 aliphatic carbocycles. The molecule has 0 saturated carbocycles. The van der Waals surface area contributed by atoms with Crippen molar-refractivity contribution in [2.24, 2.45) is 0 Å². The zero-order valence-electron chi connectivity index (χ0n) is 25.5. The third-order valence-corrected chi connectivity index (χ3v) is 7.68. The third-order valence-electron chi connectivity index (χ3n) is 7.68. The third kappa shape index (κ3) is 7.79. The summed E-state index contributed by atoms with van der Waals surface area (Å²) in [6.45, 7) is 10.1. The molecule has 4 aromatic rings. The second-order valence-electron chi connectivity index (χ2n) is 11.4. The summed E-state index contributed by atoms with van der Waals surface area (Å²) >= 11 is 0. The summed E-state index contributed by atoms with van der Waals surface area (Å²) in [7, 11) is 1.60. The highest BCUT2D eigenvalue weighted by molar-refractivity contribution is 5.94. The smallest absolute Gasteiger partial charge is 0.322 e. The minimum absolute atomic E-state index is 0.0449. The Morgan fingerprint density at radius 2 is 1.50 bits per heavy atom. The number of anilines is 1. The van der Waals surface area contributed by atoms with Gasteiger partial charge in [-0.25, -0.2) is 4.79 Å². The molecule has 3 aromatic carbocycles. The van der Waals surface area contributed by atoms with Gasteiger partial charge in [0.25, 0.3) is 0 Å². The van der Waals surface area contributed by atoms with Gasteiger partial charge in [0.1, 0.15) is 6.54 Å². The predicted octanol–water partition coefficient (Wildman–Crippen LogP) is 7.17. The molecule has 0 bridgehead atoms. The molecule has 3 amide bonds. The van der Waals surface area contributed by atoms with Crippen LogP contribution in [-0.2, 0) is 22.5 Å². The first kappa shape index (κ1) is 30.8. The average Bonchev–Trinajstić information content (AvgIpc) is 3.40. The summed E-state index contributed by atoms with van der Waals surface area (Å²) < 4.78 is 5.32. The van der Waals surface area contributed by atoms with E-state index in [-0.39, 0.29) is 30.3 Å². The van der Waals surface area contributed by atoms with E-state index in [1.54, 1.807) is 12.0 Å². The number of H-pyrrole nitrogens is 1. The molecular weight excluding hydrogens is 524 g/mol. The molecule has 0 saturated heterocycles. The van der Waals surface area contributed by atoms with E-state index in [1.807, 2.05) is 59.6 Å². The van der Waals surface area contributed by atoms with Gasteiger partial charge in [-0.05, 0) is 46.6 Å². The number of rotatable bonds is 13. The lowest BCUT2D eigenvalue weighted by Crippen LogP contribution is -2.46. The highest BCUT2D eigenvalue weighted by Gasteiger charge is 2.24. The van der Waals surface area contributed by atoms with Crippen molar-refractivity contribution in [2.75, 3.05) is 38.7 Å². The Morgan fingerprint density at radius 1 is 0.833 bits per heavy atom. The maximum atomic E-state index is 13.9. The van der Waals surface area contributed by atoms with Crippen LogP contribution in [0.15, 0.2) is 79.0 Å². The van der Waals surface area contributed by atoms with E-state index in [4.69, 9.17) is 4.74 Å². The van der Waals surface area contributed by atoms with Crippen molar-refractivity contribution in [1.82, 2.24) is 14.8 Å². The average molecular weight is 569 g/mol. The molecule has 0 radical (unpaired) electrons. The van der Waals surface area contributed by atoms with E-state index in [2.05, 4.69) is 62.3 Å². The number of aromatic amines is 1. The van der Waals surface area contributed by atoms with Crippen LogP contribution in [0.25, 0.3) is 10.9 Å². The topological polar surface area (TPSA) is 77.7 Å². The van der Waals surface area contributed by atoms with Gasteiger partial charge in [-0.2, -0.15) is 0 Å². The molecule has 0 unspecified atom stereocenters. The molecule has 0 atom stereocenters. The van der Waals surface area contributed by atoms with Crippen LogP contribution in [-0.4, -0.2) is 60.1 Å². The number of methoxy groups -OCH3 is 1. The maximum Gasteiger partial charge on any atom is 0.322 e. The number of carbonyl (C=O) groups excluding carboxylic acids is 2. The Bertz CT molecular complexity index is 1440. The first-order valence-electron chi connectivity index (χ1n) is 14.8. The van der Waals surface area contributed by atoms with Crippen LogP contribution in [0.4, 0.5) is 10.5 Å². The largest absolute Gasteiger partial charge is 0.383 e. The number of hydrogen-bond donors (Lipinski definition) is 2. The van der Waals surface area contributed by atoms with Crippen molar-refractivity contribution in [3.8, 4) is 0 Å². The Kier molecular flexibility index (Phi) is 10.8. The van der Waals surface area contributed by atoms with Crippen molar-refractivity contribution in [1.29, 1.82) is 0 Å². The Hall–Kier alpha value is -4.10. The minimum Gasteiger partial charge on any atom is -0.383 e. The number of nitrogens with zero attached hydrogens (tertiary/aromatic N) is 2. The monoisotopic (exact) mass is 568 g/mol. The van der Waals surface area contributed by atoms with Gasteiger partial charge in [-0.3, -0.25) is 4.79 Å². The second-order valence-corrected chi connectivity index (χ2v) is 11.4. The van der Waals surface area contributed by atoms with Gasteiger partial charge in [0.05, 0.1) is 6.61 Å². The van der Waals surface area contributed by atoms with Crippen LogP contribution in [0.5, 0.6) is 0 Å². The van der Waals surface area contributed by atoms with E-state index in [9.17, 15) is 9.59 Å². The molecule has 0 aliphatic rings. The molecule has 0 aliphatic heterocycles. The lowest BCUT2D eigenvalue weighted by Gasteiger charge is -2.29. The number of para-hydroxylation sites is 2. The van der Waals surface area contributed by atoms with Gasteiger partial charge in [0, 0.05) is 49.5 Å². The molecule has 0 spiro atoms. The zero-order chi connectivity index (χ0) is 30.1. The van der Waals surface area contributed by atoms with Crippen LogP contribution >= 0.6 is 0 Å². The number of nitrogens with one attached hydrogen (secondary N) is 2. The van der Waals surface area contributed by atoms with E-state index in [0.717, 1.165) is 38.8 Å². The van der Waals surface area contributed by atoms with E-state index in [0.29, 0.717) is 32.7 Å². The van der Waals surface area contributed by atoms with Crippen molar-refractivity contribution in [2.45, 2.75) is 52.5 Å². The van der Waals surface area contributed by atoms with Crippen molar-refractivity contribution >= 4 is 28.5 Å². The Morgan fingerprint density at radius 3 is 2.17 bits per heavy atom. The second kappa shape index (κ2) is 14.7. The number of carbonyl (C=O) groups is 2. The number of urea groups is 1. The minimum atomic E-state index is -0.299. The first-order chi connectivity index (χ1) is 20.3. The normalized spacial score (nSPS) is 11.3. The van der Waals surface area contributed by atoms with E-state index in [1.165, 1.54) is 0 Å². The molecule has 0 fully saturated rings. The Balaban J connectivity index is 1.56. The quantitative estimate of drug-likeness (QED) is 0.180. The summed E-state index contributed by atoms with van der Waals surface area (Å²) in [5.74, 6) is 0.365. The summed E-state index contributed by atoms with van der Waals surface area (Å²) in [5, 5.41) is 4.34. The van der Waals surface area contributed by atoms with Crippen LogP contribution < -0.4 is 5.32 Å². The maximum absolute atomic E-state index is 13.9. The summed E-state index contributed by atoms with van der Waals surface area (Å²) in [6.07, 6.45) is 2.72. The van der Waals surface area contributed by atoms with Crippen molar-refractivity contribution in [3.63, 3.8) is 0 Å². The van der Waals surface area contributed by atoms with Gasteiger partial charge >= 0.3 is 6.03 Å². The molecule has 1 aromatic heterocycles. The van der Waals surface area contributed by atoms with Crippen LogP contribution in [0.2, 0.25) is 0 Å². The first-order valence-corrected chi connectivity index (χ1v) is 14.8. The summed E-state index contributed by atoms with van der Waals surface area (Å²) in [5.41, 5.74) is 6.29. The van der Waals surface area contributed by atoms with Gasteiger partial charge in [0.2, 0.25) is 5.91 Å². The number of benzene rings is 3. The SMILES string of the molecule is COCCN(CC(=O)N(CCc1c[nH]c2ccccc12)Cc1ccccc1)C(=O)Nc1c(C(C)C)cccc1C(C)C. The van der Waals surface area contributed by atoms with Crippen LogP contribution in [0.3, 0.4) is 0 Å². The standard InChI is InChI=1S/C35H44N4O3/c1-25(2)29-15-11-16-30(26(3)4)34(29)37-35(41)39(20-21-42-5)24-33(40)38(23-27-12-7-6-8-13-27)19-18-28-22-36-32-17-10-9-14-31(28)32/h6-17,22,25-26,36H,18-21,23-24H2,1-5H3,(H,37,41). The molecule has 2 N–H and O–H groups in total. The van der Waals surface area contributed by atoms with Gasteiger partial charge in [-0.15, -0.1) is 0 Å². The summed E-state index contributed by atoms with van der Waals surface area (Å²) in [6, 6.07) is 24.0. The van der Waals surface area contributed by atoms with E-state index < -0.39 is 0 Å². The fraction of sp³-hybridized carbons (Fsp3) is 0.371. The van der Waals surface area contributed by atoms with Crippen LogP contribution in [0.1, 0.15) is 61.8 Å². The summed E-state index contributed by atoms with van der Waals surface area (Å²) in [4.78, 5) is 34.4. The number of ether oxygens (including phenoxy) is 1. The molecule has 222 valence electrons. The number of fused-ring (bicyclic) bond motifs is 1. The lowest BCUT2D eigenvalue weighted by atomic mass is 9.93. The number of aromatic nitrogens is 1. The fourth-order valence-corrected chi connectivity index (χ4v) is 5.29. The Labute approximate surface area is 249 Å². The number of amides is 3. The molecule has 42 heavy (non-hydrogen) atoms.